The van der Waals surface area contributed by atoms with Crippen LogP contribution in [0.25, 0.3) is 11.0 Å². The maximum Gasteiger partial charge on any atom is 0.323 e. The largest absolute Gasteiger partial charge is 0.334 e. The Bertz CT molecular complexity index is 881. The molecule has 25 heavy (non-hydrogen) atoms. The molecule has 2 atom stereocenters. The number of urea groups is 1. The van der Waals surface area contributed by atoms with Gasteiger partial charge < -0.3 is 20.2 Å². The summed E-state index contributed by atoms with van der Waals surface area (Å²) < 4.78 is 0. The summed E-state index contributed by atoms with van der Waals surface area (Å²) >= 11 is 0. The molecule has 2 amide bonds. The van der Waals surface area contributed by atoms with Gasteiger partial charge in [-0.3, -0.25) is 0 Å². The zero-order valence-corrected chi connectivity index (χ0v) is 15.1. The van der Waals surface area contributed by atoms with Gasteiger partial charge in [0, 0.05) is 19.1 Å². The van der Waals surface area contributed by atoms with E-state index in [0.29, 0.717) is 18.0 Å². The van der Waals surface area contributed by atoms with Crippen molar-refractivity contribution in [3.63, 3.8) is 0 Å². The van der Waals surface area contributed by atoms with Crippen molar-refractivity contribution in [3.8, 4) is 0 Å². The van der Waals surface area contributed by atoms with Crippen LogP contribution in [0.5, 0.6) is 0 Å². The predicted molar refractivity (Wildman–Crippen MR) is 97.4 cm³/mol. The Labute approximate surface area is 147 Å². The van der Waals surface area contributed by atoms with Crippen LogP contribution in [-0.4, -0.2) is 33.5 Å². The third-order valence-electron chi connectivity index (χ3n) is 5.70. The second kappa shape index (κ2) is 5.38. The average Bonchev–Trinajstić information content (AvgIpc) is 2.99. The number of benzene rings is 1. The first-order chi connectivity index (χ1) is 11.7. The van der Waals surface area contributed by atoms with Gasteiger partial charge in [0.15, 0.2) is 0 Å². The lowest BCUT2D eigenvalue weighted by molar-refractivity contribution is 0.129. The highest BCUT2D eigenvalue weighted by molar-refractivity contribution is 5.77. The zero-order valence-electron chi connectivity index (χ0n) is 15.1. The van der Waals surface area contributed by atoms with Crippen LogP contribution in [0.3, 0.4) is 0 Å². The number of likely N-dealkylation sites (tertiary alicyclic amines) is 1. The van der Waals surface area contributed by atoms with Crippen molar-refractivity contribution >= 4 is 17.1 Å². The highest BCUT2D eigenvalue weighted by Crippen LogP contribution is 2.52. The van der Waals surface area contributed by atoms with Crippen molar-refractivity contribution < 1.29 is 4.79 Å². The summed E-state index contributed by atoms with van der Waals surface area (Å²) in [5.74, 6) is 0. The number of hydrogen-bond acceptors (Lipinski definition) is 2. The number of carbonyl (C=O) groups is 1. The number of imidazole rings is 1. The number of rotatable bonds is 2. The minimum atomic E-state index is -0.212. The van der Waals surface area contributed by atoms with E-state index in [1.165, 1.54) is 6.42 Å². The third-order valence-corrected chi connectivity index (χ3v) is 5.70. The molecular weight excluding hydrogens is 316 g/mol. The first-order valence-electron chi connectivity index (χ1n) is 8.99. The minimum Gasteiger partial charge on any atom is -0.334 e. The Morgan fingerprint density at radius 2 is 2.00 bits per heavy atom. The van der Waals surface area contributed by atoms with Crippen molar-refractivity contribution in [2.75, 3.05) is 6.54 Å². The number of carbonyl (C=O) groups excluding carboxylic acids is 1. The summed E-state index contributed by atoms with van der Waals surface area (Å²) in [7, 11) is 0. The number of fused-ring (bicyclic) bond motifs is 3. The standard InChI is InChI=1S/C19H26N4O2/c1-18(2)7-13-8-19(3,10-18)11-23(13)17(25)20-9-12-4-5-14-15(6-12)22-16(24)21-14/h4-6,13H,7-11H2,1-3H3,(H,20,25)(H2,21,22,24)/t13-,19-/m1/s1. The summed E-state index contributed by atoms with van der Waals surface area (Å²) in [6, 6.07) is 6.06. The van der Waals surface area contributed by atoms with Crippen LogP contribution < -0.4 is 11.0 Å². The van der Waals surface area contributed by atoms with E-state index >= 15 is 0 Å². The topological polar surface area (TPSA) is 81.0 Å². The lowest BCUT2D eigenvalue weighted by Gasteiger charge is -2.39. The molecule has 4 rings (SSSR count). The monoisotopic (exact) mass is 342 g/mol. The van der Waals surface area contributed by atoms with Gasteiger partial charge >= 0.3 is 11.7 Å². The van der Waals surface area contributed by atoms with Gasteiger partial charge in [-0.05, 0) is 47.8 Å². The van der Waals surface area contributed by atoms with Crippen LogP contribution >= 0.6 is 0 Å². The first-order valence-corrected chi connectivity index (χ1v) is 8.99. The quantitative estimate of drug-likeness (QED) is 0.784. The molecule has 0 spiro atoms. The smallest absolute Gasteiger partial charge is 0.323 e. The molecule has 6 nitrogen and oxygen atoms in total. The molecule has 3 N–H and O–H groups in total. The van der Waals surface area contributed by atoms with Crippen molar-refractivity contribution in [1.82, 2.24) is 20.2 Å². The first kappa shape index (κ1) is 16.2. The van der Waals surface area contributed by atoms with Gasteiger partial charge in [0.25, 0.3) is 0 Å². The second-order valence-electron chi connectivity index (χ2n) is 8.96. The van der Waals surface area contributed by atoms with Crippen LogP contribution in [0.4, 0.5) is 4.79 Å². The van der Waals surface area contributed by atoms with Crippen LogP contribution in [0.1, 0.15) is 45.6 Å². The zero-order chi connectivity index (χ0) is 17.8. The third kappa shape index (κ3) is 3.05. The molecule has 1 saturated heterocycles. The maximum absolute atomic E-state index is 12.7. The Morgan fingerprint density at radius 1 is 1.24 bits per heavy atom. The van der Waals surface area contributed by atoms with Crippen LogP contribution in [0, 0.1) is 10.8 Å². The summed E-state index contributed by atoms with van der Waals surface area (Å²) in [6.07, 6.45) is 3.37. The lowest BCUT2D eigenvalue weighted by atomic mass is 9.65. The van der Waals surface area contributed by atoms with Gasteiger partial charge in [0.2, 0.25) is 0 Å². The Balaban J connectivity index is 1.44. The van der Waals surface area contributed by atoms with Crippen LogP contribution in [0.2, 0.25) is 0 Å². The highest BCUT2D eigenvalue weighted by atomic mass is 16.2. The summed E-state index contributed by atoms with van der Waals surface area (Å²) in [6.45, 7) is 8.24. The molecule has 2 aliphatic rings. The number of aromatic nitrogens is 2. The van der Waals surface area contributed by atoms with Gasteiger partial charge in [-0.1, -0.05) is 26.8 Å². The molecule has 2 heterocycles. The molecule has 0 unspecified atom stereocenters. The number of amides is 2. The summed E-state index contributed by atoms with van der Waals surface area (Å²) in [5, 5.41) is 3.05. The van der Waals surface area contributed by atoms with Crippen LogP contribution in [0.15, 0.2) is 23.0 Å². The molecule has 1 aliphatic heterocycles. The summed E-state index contributed by atoms with van der Waals surface area (Å²) in [5.41, 5.74) is 2.86. The molecule has 2 aromatic rings. The van der Waals surface area contributed by atoms with Crippen molar-refractivity contribution in [3.05, 3.63) is 34.2 Å². The average molecular weight is 342 g/mol. The van der Waals surface area contributed by atoms with E-state index in [0.717, 1.165) is 36.0 Å². The SMILES string of the molecule is CC1(C)C[C@@H]2C[C@@](C)(CN2C(=O)NCc2ccc3[nH]c(=O)[nH]c3c2)C1. The van der Waals surface area contributed by atoms with Crippen molar-refractivity contribution in [1.29, 1.82) is 0 Å². The Kier molecular flexibility index (Phi) is 3.49. The molecular formula is C19H26N4O2. The predicted octanol–water partition coefficient (Wildman–Crippen LogP) is 2.97. The van der Waals surface area contributed by atoms with E-state index < -0.39 is 0 Å². The molecule has 134 valence electrons. The van der Waals surface area contributed by atoms with Gasteiger partial charge in [-0.15, -0.1) is 0 Å². The molecule has 1 aliphatic carbocycles. The number of nitrogens with one attached hydrogen (secondary N) is 3. The van der Waals surface area contributed by atoms with E-state index in [1.807, 2.05) is 23.1 Å². The highest BCUT2D eigenvalue weighted by Gasteiger charge is 2.50. The number of nitrogens with zero attached hydrogens (tertiary/aromatic N) is 1. The maximum atomic E-state index is 12.7. The van der Waals surface area contributed by atoms with Gasteiger partial charge in [0.05, 0.1) is 11.0 Å². The van der Waals surface area contributed by atoms with E-state index in [9.17, 15) is 9.59 Å². The molecule has 1 saturated carbocycles. The fourth-order valence-electron chi connectivity index (χ4n) is 5.17. The minimum absolute atomic E-state index is 0.0223. The van der Waals surface area contributed by atoms with Gasteiger partial charge in [0.1, 0.15) is 0 Å². The lowest BCUT2D eigenvalue weighted by Crippen LogP contribution is -2.43. The fourth-order valence-corrected chi connectivity index (χ4v) is 5.17. The van der Waals surface area contributed by atoms with Gasteiger partial charge in [-0.25, -0.2) is 9.59 Å². The summed E-state index contributed by atoms with van der Waals surface area (Å²) in [4.78, 5) is 31.6. The molecule has 0 radical (unpaired) electrons. The molecule has 1 aromatic carbocycles. The molecule has 1 aromatic heterocycles. The van der Waals surface area contributed by atoms with Crippen molar-refractivity contribution in [2.24, 2.45) is 10.8 Å². The van der Waals surface area contributed by atoms with E-state index in [1.54, 1.807) is 0 Å². The number of hydrogen-bond donors (Lipinski definition) is 3. The fraction of sp³-hybridized carbons (Fsp3) is 0.579. The Morgan fingerprint density at radius 3 is 2.80 bits per heavy atom. The van der Waals surface area contributed by atoms with E-state index in [4.69, 9.17) is 0 Å². The number of H-pyrrole nitrogens is 2. The van der Waals surface area contributed by atoms with Crippen molar-refractivity contribution in [2.45, 2.75) is 52.6 Å². The Hall–Kier alpha value is -2.24. The van der Waals surface area contributed by atoms with E-state index in [2.05, 4.69) is 36.1 Å². The molecule has 2 bridgehead atoms. The second-order valence-corrected chi connectivity index (χ2v) is 8.96. The molecule has 2 fully saturated rings. The van der Waals surface area contributed by atoms with Crippen LogP contribution in [-0.2, 0) is 6.54 Å². The van der Waals surface area contributed by atoms with E-state index in [-0.39, 0.29) is 17.1 Å². The van der Waals surface area contributed by atoms with Gasteiger partial charge in [-0.2, -0.15) is 0 Å². The number of aromatic amines is 2. The normalized spacial score (nSPS) is 27.6. The molecule has 6 heteroatoms.